The molecule has 1 atom stereocenters. The van der Waals surface area contributed by atoms with Crippen LogP contribution in [-0.2, 0) is 6.42 Å². The number of nitrogens with zero attached hydrogens (tertiary/aromatic N) is 1. The molecule has 2 rings (SSSR count). The van der Waals surface area contributed by atoms with Gasteiger partial charge < -0.3 is 10.4 Å². The van der Waals surface area contributed by atoms with E-state index in [-0.39, 0.29) is 23.3 Å². The summed E-state index contributed by atoms with van der Waals surface area (Å²) in [6.07, 6.45) is 3.53. The van der Waals surface area contributed by atoms with Crippen LogP contribution in [0.5, 0.6) is 5.75 Å². The maximum Gasteiger partial charge on any atom is 0.255 e. The van der Waals surface area contributed by atoms with Crippen molar-refractivity contribution in [2.24, 2.45) is 0 Å². The number of rotatable bonds is 4. The van der Waals surface area contributed by atoms with Gasteiger partial charge in [-0.15, -0.1) is 11.3 Å². The Morgan fingerprint density at radius 3 is 3.06 bits per heavy atom. The molecule has 0 bridgehead atoms. The predicted molar refractivity (Wildman–Crippen MR) is 70.9 cm³/mol. The fourth-order valence-corrected chi connectivity index (χ4v) is 2.50. The zero-order valence-electron chi connectivity index (χ0n) is 9.96. The minimum Gasteiger partial charge on any atom is -0.505 e. The lowest BCUT2D eigenvalue weighted by Crippen LogP contribution is -2.33. The molecule has 2 heterocycles. The number of aromatic nitrogens is 1. The summed E-state index contributed by atoms with van der Waals surface area (Å²) in [4.78, 5) is 16.9. The Hall–Kier alpha value is -1.88. The van der Waals surface area contributed by atoms with Gasteiger partial charge in [0.1, 0.15) is 5.75 Å². The van der Waals surface area contributed by atoms with Gasteiger partial charge in [0.25, 0.3) is 5.91 Å². The second-order valence-electron chi connectivity index (χ2n) is 4.05. The lowest BCUT2D eigenvalue weighted by molar-refractivity contribution is 0.0937. The monoisotopic (exact) mass is 262 g/mol. The topological polar surface area (TPSA) is 62.2 Å². The third kappa shape index (κ3) is 3.07. The van der Waals surface area contributed by atoms with Gasteiger partial charge in [-0.05, 0) is 24.4 Å². The van der Waals surface area contributed by atoms with Crippen LogP contribution in [0, 0.1) is 0 Å². The van der Waals surface area contributed by atoms with Crippen molar-refractivity contribution >= 4 is 17.2 Å². The normalized spacial score (nSPS) is 12.1. The van der Waals surface area contributed by atoms with Gasteiger partial charge in [-0.1, -0.05) is 6.07 Å². The fraction of sp³-hybridized carbons (Fsp3) is 0.231. The van der Waals surface area contributed by atoms with E-state index in [0.29, 0.717) is 0 Å². The summed E-state index contributed by atoms with van der Waals surface area (Å²) >= 11 is 1.67. The van der Waals surface area contributed by atoms with Crippen molar-refractivity contribution in [2.75, 3.05) is 0 Å². The van der Waals surface area contributed by atoms with Crippen LogP contribution in [-0.4, -0.2) is 22.0 Å². The summed E-state index contributed by atoms with van der Waals surface area (Å²) in [5.41, 5.74) is 0.253. The first-order chi connectivity index (χ1) is 8.66. The highest BCUT2D eigenvalue weighted by molar-refractivity contribution is 7.09. The fourth-order valence-electron chi connectivity index (χ4n) is 1.66. The summed E-state index contributed by atoms with van der Waals surface area (Å²) < 4.78 is 0. The van der Waals surface area contributed by atoms with Crippen molar-refractivity contribution < 1.29 is 9.90 Å². The zero-order valence-corrected chi connectivity index (χ0v) is 10.8. The highest BCUT2D eigenvalue weighted by atomic mass is 32.1. The third-order valence-electron chi connectivity index (χ3n) is 2.51. The lowest BCUT2D eigenvalue weighted by Gasteiger charge is -2.13. The number of aromatic hydroxyl groups is 1. The lowest BCUT2D eigenvalue weighted by atomic mass is 10.1. The van der Waals surface area contributed by atoms with Gasteiger partial charge in [0.15, 0.2) is 0 Å². The van der Waals surface area contributed by atoms with Gasteiger partial charge in [0.05, 0.1) is 11.8 Å². The van der Waals surface area contributed by atoms with Crippen molar-refractivity contribution in [1.82, 2.24) is 10.3 Å². The standard InChI is InChI=1S/C13H14N2O2S/c1-9(7-10-3-2-6-18-10)15-13(17)11-4-5-14-8-12(11)16/h2-6,8-9,16H,7H2,1H3,(H,15,17). The Morgan fingerprint density at radius 2 is 2.39 bits per heavy atom. The van der Waals surface area contributed by atoms with Crippen LogP contribution in [0.1, 0.15) is 22.2 Å². The molecule has 18 heavy (non-hydrogen) atoms. The van der Waals surface area contributed by atoms with Crippen molar-refractivity contribution in [3.63, 3.8) is 0 Å². The molecule has 0 saturated carbocycles. The second-order valence-corrected chi connectivity index (χ2v) is 5.08. The van der Waals surface area contributed by atoms with E-state index in [1.165, 1.54) is 23.3 Å². The molecule has 2 aromatic rings. The molecule has 0 fully saturated rings. The Balaban J connectivity index is 1.97. The molecular formula is C13H14N2O2S. The molecule has 1 amide bonds. The number of thiophene rings is 1. The van der Waals surface area contributed by atoms with Crippen molar-refractivity contribution in [3.8, 4) is 5.75 Å². The van der Waals surface area contributed by atoms with Gasteiger partial charge in [0.2, 0.25) is 0 Å². The molecule has 5 heteroatoms. The third-order valence-corrected chi connectivity index (χ3v) is 3.41. The molecule has 0 aliphatic carbocycles. The van der Waals surface area contributed by atoms with Crippen molar-refractivity contribution in [3.05, 3.63) is 46.4 Å². The summed E-state index contributed by atoms with van der Waals surface area (Å²) in [5, 5.41) is 14.4. The number of amides is 1. The molecule has 4 nitrogen and oxygen atoms in total. The van der Waals surface area contributed by atoms with Crippen LogP contribution in [0.25, 0.3) is 0 Å². The Morgan fingerprint density at radius 1 is 1.56 bits per heavy atom. The van der Waals surface area contributed by atoms with Gasteiger partial charge >= 0.3 is 0 Å². The van der Waals surface area contributed by atoms with E-state index in [4.69, 9.17) is 0 Å². The minimum atomic E-state index is -0.279. The molecule has 2 N–H and O–H groups in total. The number of nitrogens with one attached hydrogen (secondary N) is 1. The van der Waals surface area contributed by atoms with E-state index in [1.807, 2.05) is 24.4 Å². The quantitative estimate of drug-likeness (QED) is 0.888. The van der Waals surface area contributed by atoms with Crippen LogP contribution in [0.2, 0.25) is 0 Å². The van der Waals surface area contributed by atoms with E-state index in [9.17, 15) is 9.90 Å². The van der Waals surface area contributed by atoms with Gasteiger partial charge in [0, 0.05) is 23.5 Å². The van der Waals surface area contributed by atoms with Crippen LogP contribution in [0.3, 0.4) is 0 Å². The number of hydrogen-bond donors (Lipinski definition) is 2. The molecule has 1 unspecified atom stereocenters. The smallest absolute Gasteiger partial charge is 0.255 e. The molecule has 0 aliphatic heterocycles. The number of pyridine rings is 1. The highest BCUT2D eigenvalue weighted by Gasteiger charge is 2.13. The average Bonchev–Trinajstić information content (AvgIpc) is 2.82. The summed E-state index contributed by atoms with van der Waals surface area (Å²) in [6, 6.07) is 5.55. The van der Waals surface area contributed by atoms with E-state index in [1.54, 1.807) is 11.3 Å². The molecule has 0 spiro atoms. The van der Waals surface area contributed by atoms with Crippen LogP contribution in [0.4, 0.5) is 0 Å². The van der Waals surface area contributed by atoms with E-state index >= 15 is 0 Å². The van der Waals surface area contributed by atoms with E-state index in [0.717, 1.165) is 6.42 Å². The van der Waals surface area contributed by atoms with Crippen molar-refractivity contribution in [1.29, 1.82) is 0 Å². The molecule has 0 aromatic carbocycles. The van der Waals surface area contributed by atoms with Crippen molar-refractivity contribution in [2.45, 2.75) is 19.4 Å². The molecule has 0 radical (unpaired) electrons. The molecular weight excluding hydrogens is 248 g/mol. The highest BCUT2D eigenvalue weighted by Crippen LogP contribution is 2.15. The SMILES string of the molecule is CC(Cc1cccs1)NC(=O)c1ccncc1O. The Kier molecular flexibility index (Phi) is 3.94. The molecule has 94 valence electrons. The largest absolute Gasteiger partial charge is 0.505 e. The van der Waals surface area contributed by atoms with Crippen LogP contribution >= 0.6 is 11.3 Å². The Bertz CT molecular complexity index is 526. The first-order valence-corrected chi connectivity index (χ1v) is 6.51. The summed E-state index contributed by atoms with van der Waals surface area (Å²) in [7, 11) is 0. The molecule has 0 aliphatic rings. The first-order valence-electron chi connectivity index (χ1n) is 5.63. The van der Waals surface area contributed by atoms with Gasteiger partial charge in [-0.2, -0.15) is 0 Å². The van der Waals surface area contributed by atoms with Crippen LogP contribution < -0.4 is 5.32 Å². The number of carbonyl (C=O) groups is 1. The average molecular weight is 262 g/mol. The van der Waals surface area contributed by atoms with E-state index in [2.05, 4.69) is 10.3 Å². The number of carbonyl (C=O) groups excluding carboxylic acids is 1. The molecule has 2 aromatic heterocycles. The Labute approximate surface area is 109 Å². The maximum absolute atomic E-state index is 11.9. The van der Waals surface area contributed by atoms with Gasteiger partial charge in [-0.25, -0.2) is 0 Å². The first kappa shape index (κ1) is 12.6. The summed E-state index contributed by atoms with van der Waals surface area (Å²) in [6.45, 7) is 1.94. The second kappa shape index (κ2) is 5.64. The zero-order chi connectivity index (χ0) is 13.0. The summed E-state index contributed by atoms with van der Waals surface area (Å²) in [5.74, 6) is -0.378. The number of hydrogen-bond acceptors (Lipinski definition) is 4. The van der Waals surface area contributed by atoms with Crippen LogP contribution in [0.15, 0.2) is 36.0 Å². The maximum atomic E-state index is 11.9. The van der Waals surface area contributed by atoms with E-state index < -0.39 is 0 Å². The predicted octanol–water partition coefficient (Wildman–Crippen LogP) is 2.21. The molecule has 0 saturated heterocycles. The minimum absolute atomic E-state index is 0.0173. The van der Waals surface area contributed by atoms with Gasteiger partial charge in [-0.3, -0.25) is 9.78 Å².